The van der Waals surface area contributed by atoms with Crippen LogP contribution in [-0.4, -0.2) is 17.4 Å². The molecule has 1 amide bonds. The minimum Gasteiger partial charge on any atom is -0.360 e. The monoisotopic (exact) mass is 300 g/mol. The Morgan fingerprint density at radius 2 is 2.05 bits per heavy atom. The zero-order valence-electron chi connectivity index (χ0n) is 13.3. The summed E-state index contributed by atoms with van der Waals surface area (Å²) in [5.74, 6) is 0.186. The van der Waals surface area contributed by atoms with Crippen molar-refractivity contribution in [3.8, 4) is 0 Å². The van der Waals surface area contributed by atoms with Gasteiger partial charge in [-0.3, -0.25) is 9.59 Å². The number of unbranched alkanes of at least 4 members (excludes halogenated alkanes) is 1. The molecule has 1 aromatic heterocycles. The van der Waals surface area contributed by atoms with E-state index in [1.807, 2.05) is 12.1 Å². The third-order valence-corrected chi connectivity index (χ3v) is 4.13. The average Bonchev–Trinajstić information content (AvgIpc) is 2.55. The smallest absolute Gasteiger partial charge is 0.256 e. The van der Waals surface area contributed by atoms with E-state index in [4.69, 9.17) is 0 Å². The van der Waals surface area contributed by atoms with Crippen LogP contribution in [0.25, 0.3) is 10.9 Å². The van der Waals surface area contributed by atoms with Gasteiger partial charge in [0.2, 0.25) is 5.43 Å². The molecule has 4 heteroatoms. The molecule has 0 spiro atoms. The van der Waals surface area contributed by atoms with Crippen LogP contribution < -0.4 is 10.7 Å². The van der Waals surface area contributed by atoms with E-state index in [0.29, 0.717) is 17.8 Å². The zero-order chi connectivity index (χ0) is 15.9. The molecule has 2 aromatic rings. The highest BCUT2D eigenvalue weighted by Crippen LogP contribution is 2.12. The van der Waals surface area contributed by atoms with Crippen LogP contribution in [0.4, 0.5) is 0 Å². The molecule has 0 fully saturated rings. The lowest BCUT2D eigenvalue weighted by molar-refractivity contribution is 0.0944. The Morgan fingerprint density at radius 1 is 1.27 bits per heavy atom. The molecule has 2 N–H and O–H groups in total. The highest BCUT2D eigenvalue weighted by atomic mass is 16.2. The molecule has 1 atom stereocenters. The quantitative estimate of drug-likeness (QED) is 0.822. The van der Waals surface area contributed by atoms with Crippen LogP contribution in [0.15, 0.2) is 35.3 Å². The summed E-state index contributed by atoms with van der Waals surface area (Å²) in [6.07, 6.45) is 5.99. The minimum atomic E-state index is -0.290. The van der Waals surface area contributed by atoms with Crippen LogP contribution in [0, 0.1) is 5.92 Å². The molecule has 4 nitrogen and oxygen atoms in total. The van der Waals surface area contributed by atoms with Crippen molar-refractivity contribution in [2.75, 3.05) is 6.54 Å². The normalized spacial score (nSPS) is 12.3. The van der Waals surface area contributed by atoms with Crippen molar-refractivity contribution in [3.05, 3.63) is 46.2 Å². The number of carbonyl (C=O) groups excluding carboxylic acids is 1. The first kappa shape index (κ1) is 16.3. The molecule has 0 saturated carbocycles. The molecule has 0 saturated heterocycles. The number of amides is 1. The van der Waals surface area contributed by atoms with Crippen LogP contribution in [-0.2, 0) is 0 Å². The lowest BCUT2D eigenvalue weighted by Crippen LogP contribution is -2.32. The predicted molar refractivity (Wildman–Crippen MR) is 90.2 cm³/mol. The average molecular weight is 300 g/mol. The van der Waals surface area contributed by atoms with Gasteiger partial charge in [-0.2, -0.15) is 0 Å². The first-order valence-corrected chi connectivity index (χ1v) is 8.06. The summed E-state index contributed by atoms with van der Waals surface area (Å²) in [5, 5.41) is 3.45. The van der Waals surface area contributed by atoms with Crippen LogP contribution in [0.5, 0.6) is 0 Å². The summed E-state index contributed by atoms with van der Waals surface area (Å²) in [7, 11) is 0. The van der Waals surface area contributed by atoms with Crippen molar-refractivity contribution in [3.63, 3.8) is 0 Å². The number of aromatic amines is 1. The Bertz CT molecular complexity index is 691. The van der Waals surface area contributed by atoms with Crippen molar-refractivity contribution in [1.29, 1.82) is 0 Å². The van der Waals surface area contributed by atoms with E-state index < -0.39 is 0 Å². The van der Waals surface area contributed by atoms with Gasteiger partial charge in [-0.1, -0.05) is 45.2 Å². The predicted octanol–water partition coefficient (Wildman–Crippen LogP) is 3.47. The molecule has 0 bridgehead atoms. The molecular weight excluding hydrogens is 276 g/mol. The molecule has 0 aliphatic rings. The van der Waals surface area contributed by atoms with Gasteiger partial charge in [0.05, 0.1) is 0 Å². The van der Waals surface area contributed by atoms with Gasteiger partial charge in [-0.15, -0.1) is 0 Å². The molecule has 1 heterocycles. The summed E-state index contributed by atoms with van der Waals surface area (Å²) >= 11 is 0. The van der Waals surface area contributed by atoms with E-state index in [-0.39, 0.29) is 16.9 Å². The molecule has 1 unspecified atom stereocenters. The molecule has 118 valence electrons. The molecule has 1 aromatic carbocycles. The maximum atomic E-state index is 12.4. The minimum absolute atomic E-state index is 0.184. The van der Waals surface area contributed by atoms with Gasteiger partial charge >= 0.3 is 0 Å². The van der Waals surface area contributed by atoms with Crippen molar-refractivity contribution in [2.45, 2.75) is 39.5 Å². The maximum Gasteiger partial charge on any atom is 0.256 e. The molecule has 0 radical (unpaired) electrons. The Labute approximate surface area is 130 Å². The van der Waals surface area contributed by atoms with Gasteiger partial charge in [0.25, 0.3) is 5.91 Å². The largest absolute Gasteiger partial charge is 0.360 e. The van der Waals surface area contributed by atoms with E-state index in [9.17, 15) is 9.59 Å². The number of H-pyrrole nitrogens is 1. The van der Waals surface area contributed by atoms with E-state index in [2.05, 4.69) is 24.1 Å². The highest BCUT2D eigenvalue weighted by Gasteiger charge is 2.14. The summed E-state index contributed by atoms with van der Waals surface area (Å²) < 4.78 is 0. The summed E-state index contributed by atoms with van der Waals surface area (Å²) in [4.78, 5) is 27.7. The fourth-order valence-corrected chi connectivity index (χ4v) is 2.61. The Morgan fingerprint density at radius 3 is 2.77 bits per heavy atom. The number of pyridine rings is 1. The van der Waals surface area contributed by atoms with E-state index >= 15 is 0 Å². The van der Waals surface area contributed by atoms with Crippen LogP contribution in [0.1, 0.15) is 49.9 Å². The van der Waals surface area contributed by atoms with Crippen molar-refractivity contribution < 1.29 is 4.79 Å². The molecule has 22 heavy (non-hydrogen) atoms. The fourth-order valence-electron chi connectivity index (χ4n) is 2.61. The van der Waals surface area contributed by atoms with Gasteiger partial charge in [0.15, 0.2) is 0 Å². The summed E-state index contributed by atoms with van der Waals surface area (Å²) in [6, 6.07) is 7.23. The number of fused-ring (bicyclic) bond motifs is 1. The maximum absolute atomic E-state index is 12.4. The van der Waals surface area contributed by atoms with Gasteiger partial charge in [-0.25, -0.2) is 0 Å². The lowest BCUT2D eigenvalue weighted by atomic mass is 9.99. The Balaban J connectivity index is 2.10. The molecular formula is C18H24N2O2. The third-order valence-electron chi connectivity index (χ3n) is 4.13. The van der Waals surface area contributed by atoms with Gasteiger partial charge < -0.3 is 10.3 Å². The second kappa shape index (κ2) is 7.78. The molecule has 0 aliphatic heterocycles. The second-order valence-corrected chi connectivity index (χ2v) is 5.70. The number of hydrogen-bond donors (Lipinski definition) is 2. The number of nitrogens with one attached hydrogen (secondary N) is 2. The van der Waals surface area contributed by atoms with Crippen LogP contribution in [0.2, 0.25) is 0 Å². The number of aromatic nitrogens is 1. The van der Waals surface area contributed by atoms with Crippen LogP contribution >= 0.6 is 0 Å². The fraction of sp³-hybridized carbons (Fsp3) is 0.444. The molecule has 0 aliphatic carbocycles. The van der Waals surface area contributed by atoms with Gasteiger partial charge in [-0.05, 0) is 24.5 Å². The second-order valence-electron chi connectivity index (χ2n) is 5.70. The number of hydrogen-bond acceptors (Lipinski definition) is 2. The van der Waals surface area contributed by atoms with E-state index in [1.54, 1.807) is 12.1 Å². The van der Waals surface area contributed by atoms with Gasteiger partial charge in [0, 0.05) is 23.6 Å². The van der Waals surface area contributed by atoms with Gasteiger partial charge in [0.1, 0.15) is 5.56 Å². The van der Waals surface area contributed by atoms with E-state index in [1.165, 1.54) is 12.6 Å². The number of rotatable bonds is 7. The summed E-state index contributed by atoms with van der Waals surface area (Å²) in [5.41, 5.74) is 0.718. The standard InChI is InChI=1S/C18H24N2O2/c1-3-5-8-13(4-2)11-20-18(22)15-12-19-16-10-7-6-9-14(16)17(15)21/h6-7,9-10,12-13H,3-5,8,11H2,1-2H3,(H,19,21)(H,20,22). The highest BCUT2D eigenvalue weighted by molar-refractivity contribution is 5.97. The first-order valence-electron chi connectivity index (χ1n) is 8.06. The van der Waals surface area contributed by atoms with E-state index in [0.717, 1.165) is 24.8 Å². The molecule has 2 rings (SSSR count). The zero-order valence-corrected chi connectivity index (χ0v) is 13.3. The SMILES string of the molecule is CCCCC(CC)CNC(=O)c1c[nH]c2ccccc2c1=O. The summed E-state index contributed by atoms with van der Waals surface area (Å²) in [6.45, 7) is 4.93. The lowest BCUT2D eigenvalue weighted by Gasteiger charge is -2.15. The Kier molecular flexibility index (Phi) is 5.75. The number of para-hydroxylation sites is 1. The van der Waals surface area contributed by atoms with Crippen molar-refractivity contribution in [2.24, 2.45) is 5.92 Å². The number of benzene rings is 1. The third kappa shape index (κ3) is 3.75. The first-order chi connectivity index (χ1) is 10.7. The van der Waals surface area contributed by atoms with Crippen molar-refractivity contribution >= 4 is 16.8 Å². The van der Waals surface area contributed by atoms with Crippen molar-refractivity contribution in [1.82, 2.24) is 10.3 Å². The topological polar surface area (TPSA) is 62.0 Å². The van der Waals surface area contributed by atoms with Crippen LogP contribution in [0.3, 0.4) is 0 Å². The number of carbonyl (C=O) groups is 1. The Hall–Kier alpha value is -2.10.